The molecule has 0 heterocycles. The number of hydrogen-bond donors (Lipinski definition) is 2. The quantitative estimate of drug-likeness (QED) is 0.265. The molecule has 0 bridgehead atoms. The van der Waals surface area contributed by atoms with E-state index in [9.17, 15) is 0 Å². The Morgan fingerprint density at radius 2 is 2.16 bits per heavy atom. The Morgan fingerprint density at radius 3 is 2.79 bits per heavy atom. The molecule has 0 fully saturated rings. The van der Waals surface area contributed by atoms with Gasteiger partial charge in [-0.25, -0.2) is 0 Å². The van der Waals surface area contributed by atoms with E-state index in [-0.39, 0.29) is 5.84 Å². The maximum Gasteiger partial charge on any atom is 0.174 e. The highest BCUT2D eigenvalue weighted by Gasteiger charge is 2.12. The third-order valence-corrected chi connectivity index (χ3v) is 2.94. The van der Waals surface area contributed by atoms with Crippen LogP contribution in [0.5, 0.6) is 5.75 Å². The summed E-state index contributed by atoms with van der Waals surface area (Å²) in [7, 11) is 0. The van der Waals surface area contributed by atoms with Crippen molar-refractivity contribution in [2.45, 2.75) is 13.8 Å². The second-order valence-corrected chi connectivity index (χ2v) is 5.27. The fourth-order valence-corrected chi connectivity index (χ4v) is 2.00. The summed E-state index contributed by atoms with van der Waals surface area (Å²) in [6.45, 7) is 5.79. The molecular formula is C13H19BrN2O3. The molecule has 3 N–H and O–H groups in total. The first-order valence-corrected chi connectivity index (χ1v) is 6.82. The van der Waals surface area contributed by atoms with Gasteiger partial charge in [-0.2, -0.15) is 0 Å². The lowest BCUT2D eigenvalue weighted by atomic mass is 10.2. The van der Waals surface area contributed by atoms with Crippen molar-refractivity contribution in [3.8, 4) is 5.75 Å². The van der Waals surface area contributed by atoms with Gasteiger partial charge in [-0.05, 0) is 34.0 Å². The van der Waals surface area contributed by atoms with Crippen LogP contribution in [-0.2, 0) is 4.74 Å². The number of ether oxygens (including phenoxy) is 2. The number of oxime groups is 1. The summed E-state index contributed by atoms with van der Waals surface area (Å²) >= 11 is 3.35. The van der Waals surface area contributed by atoms with Crippen molar-refractivity contribution >= 4 is 21.8 Å². The van der Waals surface area contributed by atoms with Crippen molar-refractivity contribution in [3.63, 3.8) is 0 Å². The molecule has 0 radical (unpaired) electrons. The van der Waals surface area contributed by atoms with Crippen molar-refractivity contribution < 1.29 is 14.7 Å². The first-order chi connectivity index (χ1) is 9.06. The Bertz CT molecular complexity index is 436. The lowest BCUT2D eigenvalue weighted by Crippen LogP contribution is -2.17. The zero-order chi connectivity index (χ0) is 14.3. The summed E-state index contributed by atoms with van der Waals surface area (Å²) in [5.41, 5.74) is 6.16. The molecule has 106 valence electrons. The highest BCUT2D eigenvalue weighted by atomic mass is 79.9. The van der Waals surface area contributed by atoms with Gasteiger partial charge in [-0.1, -0.05) is 25.1 Å². The molecule has 0 saturated heterocycles. The molecule has 0 aliphatic rings. The fraction of sp³-hybridized carbons (Fsp3) is 0.462. The molecule has 19 heavy (non-hydrogen) atoms. The normalized spacial score (nSPS) is 11.9. The molecule has 0 amide bonds. The molecule has 0 aromatic heterocycles. The number of benzene rings is 1. The van der Waals surface area contributed by atoms with E-state index in [1.54, 1.807) is 12.1 Å². The summed E-state index contributed by atoms with van der Waals surface area (Å²) in [5.74, 6) is 1.06. The van der Waals surface area contributed by atoms with Crippen LogP contribution in [0.4, 0.5) is 0 Å². The molecule has 0 saturated carbocycles. The summed E-state index contributed by atoms with van der Waals surface area (Å²) in [6, 6.07) is 5.39. The van der Waals surface area contributed by atoms with E-state index >= 15 is 0 Å². The van der Waals surface area contributed by atoms with Gasteiger partial charge in [0, 0.05) is 11.1 Å². The number of nitrogens with two attached hydrogens (primary N) is 1. The van der Waals surface area contributed by atoms with E-state index in [1.807, 2.05) is 6.07 Å². The van der Waals surface area contributed by atoms with Crippen molar-refractivity contribution in [3.05, 3.63) is 28.2 Å². The van der Waals surface area contributed by atoms with E-state index in [0.29, 0.717) is 41.5 Å². The number of hydrogen-bond acceptors (Lipinski definition) is 4. The molecule has 1 aromatic carbocycles. The average molecular weight is 331 g/mol. The van der Waals surface area contributed by atoms with Gasteiger partial charge >= 0.3 is 0 Å². The topological polar surface area (TPSA) is 77.1 Å². The second kappa shape index (κ2) is 8.01. The van der Waals surface area contributed by atoms with Crippen LogP contribution in [0.15, 0.2) is 27.8 Å². The molecule has 0 spiro atoms. The first kappa shape index (κ1) is 15.8. The highest BCUT2D eigenvalue weighted by Crippen LogP contribution is 2.26. The van der Waals surface area contributed by atoms with E-state index in [2.05, 4.69) is 34.9 Å². The Balaban J connectivity index is 2.61. The van der Waals surface area contributed by atoms with Gasteiger partial charge in [0.1, 0.15) is 12.4 Å². The van der Waals surface area contributed by atoms with Crippen molar-refractivity contribution in [2.24, 2.45) is 16.8 Å². The molecule has 0 atom stereocenters. The summed E-state index contributed by atoms with van der Waals surface area (Å²) in [4.78, 5) is 0. The van der Waals surface area contributed by atoms with Gasteiger partial charge in [-0.3, -0.25) is 0 Å². The van der Waals surface area contributed by atoms with Crippen molar-refractivity contribution in [2.75, 3.05) is 19.8 Å². The largest absolute Gasteiger partial charge is 0.490 e. The third-order valence-electron chi connectivity index (χ3n) is 2.28. The van der Waals surface area contributed by atoms with Crippen molar-refractivity contribution in [1.82, 2.24) is 0 Å². The molecular weight excluding hydrogens is 312 g/mol. The Kier molecular flexibility index (Phi) is 6.66. The predicted molar refractivity (Wildman–Crippen MR) is 77.8 cm³/mol. The minimum absolute atomic E-state index is 0.00516. The maximum atomic E-state index is 8.77. The Labute approximate surface area is 121 Å². The zero-order valence-corrected chi connectivity index (χ0v) is 12.7. The number of nitrogens with zero attached hydrogens (tertiary/aromatic N) is 1. The molecule has 1 rings (SSSR count). The van der Waals surface area contributed by atoms with Crippen LogP contribution in [0.25, 0.3) is 0 Å². The van der Waals surface area contributed by atoms with Gasteiger partial charge in [0.2, 0.25) is 0 Å². The highest BCUT2D eigenvalue weighted by molar-refractivity contribution is 9.10. The van der Waals surface area contributed by atoms with Crippen LogP contribution >= 0.6 is 15.9 Å². The van der Waals surface area contributed by atoms with E-state index < -0.39 is 0 Å². The van der Waals surface area contributed by atoms with Crippen LogP contribution in [0.2, 0.25) is 0 Å². The minimum Gasteiger partial charge on any atom is -0.490 e. The average Bonchev–Trinajstić information content (AvgIpc) is 2.37. The van der Waals surface area contributed by atoms with Crippen LogP contribution < -0.4 is 10.5 Å². The number of halogens is 1. The van der Waals surface area contributed by atoms with Crippen LogP contribution in [-0.4, -0.2) is 30.9 Å². The first-order valence-electron chi connectivity index (χ1n) is 6.03. The van der Waals surface area contributed by atoms with E-state index in [1.165, 1.54) is 0 Å². The summed E-state index contributed by atoms with van der Waals surface area (Å²) < 4.78 is 11.7. The van der Waals surface area contributed by atoms with Gasteiger partial charge in [-0.15, -0.1) is 0 Å². The zero-order valence-electron chi connectivity index (χ0n) is 11.1. The van der Waals surface area contributed by atoms with Crippen molar-refractivity contribution in [1.29, 1.82) is 0 Å². The molecule has 0 unspecified atom stereocenters. The third kappa shape index (κ3) is 5.08. The smallest absolute Gasteiger partial charge is 0.174 e. The lowest BCUT2D eigenvalue weighted by Gasteiger charge is -2.12. The Morgan fingerprint density at radius 1 is 1.42 bits per heavy atom. The molecule has 5 nitrogen and oxygen atoms in total. The van der Waals surface area contributed by atoms with Crippen LogP contribution in [0.3, 0.4) is 0 Å². The van der Waals surface area contributed by atoms with E-state index in [4.69, 9.17) is 20.4 Å². The standard InChI is InChI=1S/C13H19BrN2O3/c1-9(2)8-18-6-7-19-11-5-3-4-10(14)12(11)13(15)16-17/h3-5,9,17H,6-8H2,1-2H3,(H2,15,16). The Hall–Kier alpha value is -1.27. The summed E-state index contributed by atoms with van der Waals surface area (Å²) in [6.07, 6.45) is 0. The molecule has 0 aliphatic heterocycles. The van der Waals surface area contributed by atoms with Gasteiger partial charge in [0.25, 0.3) is 0 Å². The number of amidine groups is 1. The maximum absolute atomic E-state index is 8.77. The van der Waals surface area contributed by atoms with Gasteiger partial charge in [0.05, 0.1) is 12.2 Å². The second-order valence-electron chi connectivity index (χ2n) is 4.42. The predicted octanol–water partition coefficient (Wildman–Crippen LogP) is 2.60. The monoisotopic (exact) mass is 330 g/mol. The molecule has 0 aliphatic carbocycles. The fourth-order valence-electron chi connectivity index (χ4n) is 1.45. The molecule has 6 heteroatoms. The minimum atomic E-state index is 0.00516. The number of rotatable bonds is 7. The van der Waals surface area contributed by atoms with Crippen LogP contribution in [0, 0.1) is 5.92 Å². The lowest BCUT2D eigenvalue weighted by molar-refractivity contribution is 0.0818. The molecule has 1 aromatic rings. The SMILES string of the molecule is CC(C)COCCOc1cccc(Br)c1/C(N)=N/O. The summed E-state index contributed by atoms with van der Waals surface area (Å²) in [5, 5.41) is 11.8. The van der Waals surface area contributed by atoms with E-state index in [0.717, 1.165) is 0 Å². The van der Waals surface area contributed by atoms with Gasteiger partial charge < -0.3 is 20.4 Å². The van der Waals surface area contributed by atoms with Gasteiger partial charge in [0.15, 0.2) is 5.84 Å². The van der Waals surface area contributed by atoms with Crippen LogP contribution in [0.1, 0.15) is 19.4 Å².